The van der Waals surface area contributed by atoms with E-state index in [1.807, 2.05) is 56.3 Å². The molecule has 0 radical (unpaired) electrons. The van der Waals surface area contributed by atoms with Gasteiger partial charge in [0.25, 0.3) is 0 Å². The van der Waals surface area contributed by atoms with Gasteiger partial charge in [-0.1, -0.05) is 36.4 Å². The molecule has 0 fully saturated rings. The molecule has 0 unspecified atom stereocenters. The highest BCUT2D eigenvalue weighted by atomic mass is 16.1. The van der Waals surface area contributed by atoms with E-state index in [4.69, 9.17) is 0 Å². The zero-order valence-corrected chi connectivity index (χ0v) is 10.5. The number of carbonyl (C=O) groups excluding carboxylic acids is 1. The van der Waals surface area contributed by atoms with Crippen LogP contribution in [0.25, 0.3) is 0 Å². The molecule has 17 heavy (non-hydrogen) atoms. The lowest BCUT2D eigenvalue weighted by molar-refractivity contribution is 0.104. The minimum Gasteiger partial charge on any atom is -0.293 e. The van der Waals surface area contributed by atoms with Gasteiger partial charge in [0.2, 0.25) is 0 Å². The number of rotatable bonds is 4. The van der Waals surface area contributed by atoms with Gasteiger partial charge in [-0.05, 0) is 31.6 Å². The molecular weight excluding hydrogens is 210 g/mol. The van der Waals surface area contributed by atoms with Gasteiger partial charge in [-0.3, -0.25) is 9.79 Å². The van der Waals surface area contributed by atoms with Gasteiger partial charge in [-0.2, -0.15) is 0 Å². The second-order valence-electron chi connectivity index (χ2n) is 3.82. The molecule has 1 aromatic rings. The standard InChI is InChI=1S/C15H17NO/c1-12(9-10-13(2)16-3)11-15(17)14-7-5-4-6-8-14/h4-11H,1-3H3/b10-9-,12-11-,16-13?. The van der Waals surface area contributed by atoms with Crippen molar-refractivity contribution in [1.29, 1.82) is 0 Å². The van der Waals surface area contributed by atoms with Crippen molar-refractivity contribution in [3.05, 3.63) is 59.7 Å². The SMILES string of the molecule is CN=C(C)/C=C\C(C)=C/C(=O)c1ccccc1. The number of hydrogen-bond donors (Lipinski definition) is 0. The van der Waals surface area contributed by atoms with Gasteiger partial charge >= 0.3 is 0 Å². The quantitative estimate of drug-likeness (QED) is 0.335. The highest BCUT2D eigenvalue weighted by molar-refractivity contribution is 6.05. The Hall–Kier alpha value is -1.96. The molecule has 0 atom stereocenters. The third kappa shape index (κ3) is 4.60. The maximum absolute atomic E-state index is 11.8. The van der Waals surface area contributed by atoms with Gasteiger partial charge in [0.1, 0.15) is 0 Å². The predicted octanol–water partition coefficient (Wildman–Crippen LogP) is 3.46. The molecule has 0 aliphatic rings. The normalized spacial score (nSPS) is 13.1. The number of aliphatic imine (C=N–C) groups is 1. The number of nitrogens with zero attached hydrogens (tertiary/aromatic N) is 1. The molecule has 1 aromatic carbocycles. The topological polar surface area (TPSA) is 29.4 Å². The van der Waals surface area contributed by atoms with E-state index >= 15 is 0 Å². The van der Waals surface area contributed by atoms with E-state index in [1.54, 1.807) is 13.1 Å². The molecule has 0 N–H and O–H groups in total. The van der Waals surface area contributed by atoms with E-state index in [0.717, 1.165) is 11.3 Å². The van der Waals surface area contributed by atoms with Gasteiger partial charge in [0, 0.05) is 18.3 Å². The van der Waals surface area contributed by atoms with Crippen LogP contribution in [0.15, 0.2) is 59.1 Å². The van der Waals surface area contributed by atoms with Crippen LogP contribution >= 0.6 is 0 Å². The first-order chi connectivity index (χ1) is 8.13. The third-order valence-corrected chi connectivity index (χ3v) is 2.36. The first-order valence-corrected chi connectivity index (χ1v) is 5.52. The van der Waals surface area contributed by atoms with Crippen molar-refractivity contribution in [2.24, 2.45) is 4.99 Å². The van der Waals surface area contributed by atoms with Crippen molar-refractivity contribution < 1.29 is 4.79 Å². The summed E-state index contributed by atoms with van der Waals surface area (Å²) in [5.41, 5.74) is 2.56. The Bertz CT molecular complexity index is 467. The maximum atomic E-state index is 11.8. The van der Waals surface area contributed by atoms with E-state index in [0.29, 0.717) is 5.56 Å². The summed E-state index contributed by atoms with van der Waals surface area (Å²) < 4.78 is 0. The van der Waals surface area contributed by atoms with Crippen LogP contribution in [-0.2, 0) is 0 Å². The first kappa shape index (κ1) is 13.1. The summed E-state index contributed by atoms with van der Waals surface area (Å²) in [5, 5.41) is 0. The zero-order valence-electron chi connectivity index (χ0n) is 10.5. The van der Waals surface area contributed by atoms with Crippen molar-refractivity contribution in [2.75, 3.05) is 7.05 Å². The molecule has 0 bridgehead atoms. The summed E-state index contributed by atoms with van der Waals surface area (Å²) in [5.74, 6) is 0.0267. The monoisotopic (exact) mass is 227 g/mol. The fraction of sp³-hybridized carbons (Fsp3) is 0.200. The Morgan fingerprint density at radius 3 is 2.35 bits per heavy atom. The highest BCUT2D eigenvalue weighted by Crippen LogP contribution is 2.04. The van der Waals surface area contributed by atoms with E-state index in [1.165, 1.54) is 0 Å². The van der Waals surface area contributed by atoms with Crippen molar-refractivity contribution >= 4 is 11.5 Å². The molecule has 0 heterocycles. The van der Waals surface area contributed by atoms with Gasteiger partial charge in [-0.25, -0.2) is 0 Å². The lowest BCUT2D eigenvalue weighted by Crippen LogP contribution is -1.94. The van der Waals surface area contributed by atoms with Crippen LogP contribution in [0.1, 0.15) is 24.2 Å². The molecule has 0 saturated carbocycles. The van der Waals surface area contributed by atoms with Crippen LogP contribution in [0, 0.1) is 0 Å². The minimum absolute atomic E-state index is 0.0267. The van der Waals surface area contributed by atoms with Gasteiger partial charge in [0.05, 0.1) is 0 Å². The lowest BCUT2D eigenvalue weighted by atomic mass is 10.1. The largest absolute Gasteiger partial charge is 0.293 e. The summed E-state index contributed by atoms with van der Waals surface area (Å²) in [6.07, 6.45) is 5.42. The van der Waals surface area contributed by atoms with Gasteiger partial charge < -0.3 is 0 Å². The molecule has 2 nitrogen and oxygen atoms in total. The Balaban J connectivity index is 2.76. The zero-order chi connectivity index (χ0) is 12.7. The van der Waals surface area contributed by atoms with Crippen molar-refractivity contribution in [2.45, 2.75) is 13.8 Å². The molecule has 0 amide bonds. The van der Waals surface area contributed by atoms with Crippen LogP contribution < -0.4 is 0 Å². The van der Waals surface area contributed by atoms with Gasteiger partial charge in [0.15, 0.2) is 5.78 Å². The smallest absolute Gasteiger partial charge is 0.186 e. The Morgan fingerprint density at radius 1 is 1.12 bits per heavy atom. The van der Waals surface area contributed by atoms with Gasteiger partial charge in [-0.15, -0.1) is 0 Å². The number of benzene rings is 1. The Labute approximate surface area is 102 Å². The van der Waals surface area contributed by atoms with E-state index in [2.05, 4.69) is 4.99 Å². The molecule has 1 rings (SSSR count). The molecule has 2 heteroatoms. The van der Waals surface area contributed by atoms with Crippen LogP contribution in [0.3, 0.4) is 0 Å². The van der Waals surface area contributed by atoms with Crippen molar-refractivity contribution in [1.82, 2.24) is 0 Å². The number of carbonyl (C=O) groups is 1. The second kappa shape index (κ2) is 6.59. The van der Waals surface area contributed by atoms with Crippen LogP contribution in [0.4, 0.5) is 0 Å². The van der Waals surface area contributed by atoms with E-state index in [-0.39, 0.29) is 5.78 Å². The third-order valence-electron chi connectivity index (χ3n) is 2.36. The molecule has 0 spiro atoms. The van der Waals surface area contributed by atoms with Crippen molar-refractivity contribution in [3.8, 4) is 0 Å². The van der Waals surface area contributed by atoms with Crippen molar-refractivity contribution in [3.63, 3.8) is 0 Å². The average Bonchev–Trinajstić information content (AvgIpc) is 2.36. The summed E-state index contributed by atoms with van der Waals surface area (Å²) in [4.78, 5) is 15.8. The predicted molar refractivity (Wildman–Crippen MR) is 72.7 cm³/mol. The lowest BCUT2D eigenvalue weighted by Gasteiger charge is -1.96. The number of allylic oxidation sites excluding steroid dienone is 4. The molecule has 0 aromatic heterocycles. The van der Waals surface area contributed by atoms with Crippen LogP contribution in [-0.4, -0.2) is 18.5 Å². The first-order valence-electron chi connectivity index (χ1n) is 5.52. The molecule has 0 aliphatic heterocycles. The summed E-state index contributed by atoms with van der Waals surface area (Å²) in [7, 11) is 1.74. The Kier molecular flexibility index (Phi) is 5.08. The number of ketones is 1. The average molecular weight is 227 g/mol. The molecular formula is C15H17NO. The van der Waals surface area contributed by atoms with Crippen LogP contribution in [0.2, 0.25) is 0 Å². The highest BCUT2D eigenvalue weighted by Gasteiger charge is 2.00. The maximum Gasteiger partial charge on any atom is 0.186 e. The molecule has 0 saturated heterocycles. The molecule has 0 aliphatic carbocycles. The summed E-state index contributed by atoms with van der Waals surface area (Å²) in [6.45, 7) is 3.82. The van der Waals surface area contributed by atoms with E-state index in [9.17, 15) is 4.79 Å². The van der Waals surface area contributed by atoms with Crippen LogP contribution in [0.5, 0.6) is 0 Å². The number of hydrogen-bond acceptors (Lipinski definition) is 2. The fourth-order valence-electron chi connectivity index (χ4n) is 1.27. The molecule has 88 valence electrons. The summed E-state index contributed by atoms with van der Waals surface area (Å²) in [6, 6.07) is 9.25. The van der Waals surface area contributed by atoms with E-state index < -0.39 is 0 Å². The fourth-order valence-corrected chi connectivity index (χ4v) is 1.27. The second-order valence-corrected chi connectivity index (χ2v) is 3.82. The minimum atomic E-state index is 0.0267. The summed E-state index contributed by atoms with van der Waals surface area (Å²) >= 11 is 0. The Morgan fingerprint density at radius 2 is 1.76 bits per heavy atom.